The van der Waals surface area contributed by atoms with Gasteiger partial charge >= 0.3 is 0 Å². The lowest BCUT2D eigenvalue weighted by Gasteiger charge is -2.26. The molecular formula is C21H23N3O4. The van der Waals surface area contributed by atoms with Crippen LogP contribution in [-0.4, -0.2) is 61.4 Å². The van der Waals surface area contributed by atoms with Crippen molar-refractivity contribution in [2.75, 3.05) is 46.6 Å². The van der Waals surface area contributed by atoms with Crippen molar-refractivity contribution in [2.45, 2.75) is 0 Å². The van der Waals surface area contributed by atoms with Crippen molar-refractivity contribution in [3.8, 4) is 22.9 Å². The van der Waals surface area contributed by atoms with Crippen LogP contribution < -0.4 is 15.0 Å². The first-order chi connectivity index (χ1) is 13.7. The number of methoxy groups -OCH3 is 1. The summed E-state index contributed by atoms with van der Waals surface area (Å²) in [7, 11) is 1.57. The zero-order valence-electron chi connectivity index (χ0n) is 15.8. The first-order valence-corrected chi connectivity index (χ1v) is 9.34. The number of hydrogen-bond acceptors (Lipinski definition) is 6. The van der Waals surface area contributed by atoms with Crippen LogP contribution in [0, 0.1) is 0 Å². The zero-order valence-corrected chi connectivity index (χ0v) is 15.8. The van der Waals surface area contributed by atoms with E-state index in [1.807, 2.05) is 24.3 Å². The largest absolute Gasteiger partial charge is 0.497 e. The minimum Gasteiger partial charge on any atom is -0.497 e. The molecule has 7 heteroatoms. The maximum Gasteiger partial charge on any atom is 0.259 e. The van der Waals surface area contributed by atoms with Crippen LogP contribution in [0.5, 0.6) is 11.5 Å². The van der Waals surface area contributed by atoms with E-state index in [9.17, 15) is 4.79 Å². The van der Waals surface area contributed by atoms with Gasteiger partial charge in [-0.15, -0.1) is 0 Å². The van der Waals surface area contributed by atoms with Crippen molar-refractivity contribution in [3.63, 3.8) is 0 Å². The molecule has 0 amide bonds. The third-order valence-electron chi connectivity index (χ3n) is 4.80. The van der Waals surface area contributed by atoms with E-state index in [1.165, 1.54) is 0 Å². The van der Waals surface area contributed by atoms with E-state index in [1.54, 1.807) is 25.3 Å². The first kappa shape index (κ1) is 18.5. The Kier molecular flexibility index (Phi) is 5.55. The van der Waals surface area contributed by atoms with Crippen LogP contribution in [0.3, 0.4) is 0 Å². The standard InChI is InChI=1S/C21H23N3O4/c1-26-16-5-6-19-18(14-16)21(25)23-20(22-19)15-3-2-4-17(13-15)28-12-9-24-7-10-27-11-8-24/h2-6,13-14H,7-12H2,1H3,(H,22,23,25). The van der Waals surface area contributed by atoms with Crippen LogP contribution in [-0.2, 0) is 4.74 Å². The molecule has 1 N–H and O–H groups in total. The summed E-state index contributed by atoms with van der Waals surface area (Å²) < 4.78 is 16.4. The van der Waals surface area contributed by atoms with Gasteiger partial charge in [0.25, 0.3) is 5.56 Å². The monoisotopic (exact) mass is 381 g/mol. The second kappa shape index (κ2) is 8.41. The average molecular weight is 381 g/mol. The highest BCUT2D eigenvalue weighted by Gasteiger charge is 2.11. The molecule has 0 radical (unpaired) electrons. The summed E-state index contributed by atoms with van der Waals surface area (Å²) in [5.74, 6) is 1.90. The van der Waals surface area contributed by atoms with E-state index >= 15 is 0 Å². The Balaban J connectivity index is 1.51. The predicted molar refractivity (Wildman–Crippen MR) is 107 cm³/mol. The number of hydrogen-bond donors (Lipinski definition) is 1. The quantitative estimate of drug-likeness (QED) is 0.706. The molecule has 0 spiro atoms. The molecule has 1 aliphatic heterocycles. The van der Waals surface area contributed by atoms with Crippen molar-refractivity contribution < 1.29 is 14.2 Å². The SMILES string of the molecule is COc1ccc2nc(-c3cccc(OCCN4CCOCC4)c3)[nH]c(=O)c2c1. The molecule has 0 saturated carbocycles. The highest BCUT2D eigenvalue weighted by Crippen LogP contribution is 2.23. The third kappa shape index (κ3) is 4.16. The Hall–Kier alpha value is -2.90. The first-order valence-electron chi connectivity index (χ1n) is 9.34. The van der Waals surface area contributed by atoms with Crippen molar-refractivity contribution in [2.24, 2.45) is 0 Å². The lowest BCUT2D eigenvalue weighted by atomic mass is 10.2. The highest BCUT2D eigenvalue weighted by atomic mass is 16.5. The third-order valence-corrected chi connectivity index (χ3v) is 4.80. The van der Waals surface area contributed by atoms with E-state index in [4.69, 9.17) is 14.2 Å². The van der Waals surface area contributed by atoms with Gasteiger partial charge in [0.2, 0.25) is 0 Å². The van der Waals surface area contributed by atoms with E-state index in [-0.39, 0.29) is 5.56 Å². The smallest absolute Gasteiger partial charge is 0.259 e. The van der Waals surface area contributed by atoms with Crippen LogP contribution in [0.1, 0.15) is 0 Å². The summed E-state index contributed by atoms with van der Waals surface area (Å²) in [5, 5.41) is 0.501. The van der Waals surface area contributed by atoms with Crippen LogP contribution >= 0.6 is 0 Å². The number of rotatable bonds is 6. The van der Waals surface area contributed by atoms with Gasteiger partial charge in [-0.3, -0.25) is 9.69 Å². The van der Waals surface area contributed by atoms with Crippen LogP contribution in [0.4, 0.5) is 0 Å². The fraction of sp³-hybridized carbons (Fsp3) is 0.333. The molecule has 0 atom stereocenters. The molecule has 1 saturated heterocycles. The minimum absolute atomic E-state index is 0.197. The number of ether oxygens (including phenoxy) is 3. The van der Waals surface area contributed by atoms with Crippen molar-refractivity contribution in [3.05, 3.63) is 52.8 Å². The number of aromatic nitrogens is 2. The molecular weight excluding hydrogens is 358 g/mol. The van der Waals surface area contributed by atoms with Gasteiger partial charge in [0.1, 0.15) is 23.9 Å². The van der Waals surface area contributed by atoms with Gasteiger partial charge in [0.15, 0.2) is 0 Å². The molecule has 7 nitrogen and oxygen atoms in total. The van der Waals surface area contributed by atoms with Gasteiger partial charge in [-0.2, -0.15) is 0 Å². The summed E-state index contributed by atoms with van der Waals surface area (Å²) in [6.07, 6.45) is 0. The number of H-pyrrole nitrogens is 1. The Bertz CT molecular complexity index is 1010. The minimum atomic E-state index is -0.197. The van der Waals surface area contributed by atoms with Gasteiger partial charge in [0, 0.05) is 25.2 Å². The maximum atomic E-state index is 12.5. The van der Waals surface area contributed by atoms with Crippen molar-refractivity contribution in [1.82, 2.24) is 14.9 Å². The van der Waals surface area contributed by atoms with Gasteiger partial charge in [0.05, 0.1) is 31.2 Å². The summed E-state index contributed by atoms with van der Waals surface area (Å²) in [6, 6.07) is 12.9. The van der Waals surface area contributed by atoms with Gasteiger partial charge in [-0.25, -0.2) is 4.98 Å². The molecule has 2 aromatic carbocycles. The molecule has 146 valence electrons. The lowest BCUT2D eigenvalue weighted by molar-refractivity contribution is 0.0322. The zero-order chi connectivity index (χ0) is 19.3. The number of morpholine rings is 1. The molecule has 1 fully saturated rings. The molecule has 2 heterocycles. The molecule has 3 aromatic rings. The number of aromatic amines is 1. The Labute approximate surface area is 162 Å². The van der Waals surface area contributed by atoms with Gasteiger partial charge < -0.3 is 19.2 Å². The summed E-state index contributed by atoms with van der Waals surface area (Å²) >= 11 is 0. The topological polar surface area (TPSA) is 76.7 Å². The summed E-state index contributed by atoms with van der Waals surface area (Å²) in [4.78, 5) is 22.2. The maximum absolute atomic E-state index is 12.5. The second-order valence-electron chi connectivity index (χ2n) is 6.63. The lowest BCUT2D eigenvalue weighted by Crippen LogP contribution is -2.38. The normalized spacial score (nSPS) is 14.9. The van der Waals surface area contributed by atoms with E-state index in [2.05, 4.69) is 14.9 Å². The van der Waals surface area contributed by atoms with Gasteiger partial charge in [-0.05, 0) is 30.3 Å². The average Bonchev–Trinajstić information content (AvgIpc) is 2.74. The Morgan fingerprint density at radius 1 is 1.14 bits per heavy atom. The second-order valence-corrected chi connectivity index (χ2v) is 6.63. The van der Waals surface area contributed by atoms with Gasteiger partial charge in [-0.1, -0.05) is 12.1 Å². The van der Waals surface area contributed by atoms with E-state index in [0.29, 0.717) is 29.1 Å². The van der Waals surface area contributed by atoms with Crippen molar-refractivity contribution in [1.29, 1.82) is 0 Å². The number of benzene rings is 2. The van der Waals surface area contributed by atoms with Crippen LogP contribution in [0.15, 0.2) is 47.3 Å². The summed E-state index contributed by atoms with van der Waals surface area (Å²) in [6.45, 7) is 4.91. The van der Waals surface area contributed by atoms with E-state index < -0.39 is 0 Å². The number of fused-ring (bicyclic) bond motifs is 1. The molecule has 28 heavy (non-hydrogen) atoms. The number of nitrogens with one attached hydrogen (secondary N) is 1. The fourth-order valence-corrected chi connectivity index (χ4v) is 3.23. The number of nitrogens with zero attached hydrogens (tertiary/aromatic N) is 2. The fourth-order valence-electron chi connectivity index (χ4n) is 3.23. The van der Waals surface area contributed by atoms with Crippen molar-refractivity contribution >= 4 is 10.9 Å². The summed E-state index contributed by atoms with van der Waals surface area (Å²) in [5.41, 5.74) is 1.23. The van der Waals surface area contributed by atoms with Crippen LogP contribution in [0.25, 0.3) is 22.3 Å². The van der Waals surface area contributed by atoms with Crippen LogP contribution in [0.2, 0.25) is 0 Å². The molecule has 0 bridgehead atoms. The molecule has 1 aliphatic rings. The highest BCUT2D eigenvalue weighted by molar-refractivity contribution is 5.81. The molecule has 0 aliphatic carbocycles. The molecule has 0 unspecified atom stereocenters. The van der Waals surface area contributed by atoms with E-state index in [0.717, 1.165) is 44.2 Å². The Morgan fingerprint density at radius 2 is 2.00 bits per heavy atom. The molecule has 1 aromatic heterocycles. The Morgan fingerprint density at radius 3 is 2.82 bits per heavy atom. The predicted octanol–water partition coefficient (Wildman–Crippen LogP) is 2.31. The molecule has 4 rings (SSSR count).